The van der Waals surface area contributed by atoms with Crippen LogP contribution < -0.4 is 9.64 Å². The first kappa shape index (κ1) is 22.9. The molecule has 0 aliphatic rings. The molecule has 0 saturated heterocycles. The fourth-order valence-corrected chi connectivity index (χ4v) is 3.69. The highest BCUT2D eigenvalue weighted by Gasteiger charge is 2.13. The van der Waals surface area contributed by atoms with Gasteiger partial charge in [0.15, 0.2) is 0 Å². The number of nitrogens with zero attached hydrogens (tertiary/aromatic N) is 3. The van der Waals surface area contributed by atoms with E-state index in [2.05, 4.69) is 27.0 Å². The summed E-state index contributed by atoms with van der Waals surface area (Å²) >= 11 is 0. The van der Waals surface area contributed by atoms with Crippen molar-refractivity contribution >= 4 is 40.9 Å². The summed E-state index contributed by atoms with van der Waals surface area (Å²) in [6.07, 6.45) is 6.68. The van der Waals surface area contributed by atoms with Gasteiger partial charge in [-0.3, -0.25) is 9.98 Å². The van der Waals surface area contributed by atoms with Crippen LogP contribution in [0.2, 0.25) is 0 Å². The molecule has 2 heterocycles. The van der Waals surface area contributed by atoms with Gasteiger partial charge in [0.1, 0.15) is 17.3 Å². The summed E-state index contributed by atoms with van der Waals surface area (Å²) in [5, 5.41) is 0. The van der Waals surface area contributed by atoms with E-state index >= 15 is 0 Å². The zero-order valence-electron chi connectivity index (χ0n) is 19.8. The second-order valence-corrected chi connectivity index (χ2v) is 7.84. The number of ether oxygens (including phenoxy) is 1. The van der Waals surface area contributed by atoms with E-state index in [9.17, 15) is 0 Å². The van der Waals surface area contributed by atoms with Crippen molar-refractivity contribution in [2.45, 2.75) is 6.92 Å². The Balaban J connectivity index is 1.43. The van der Waals surface area contributed by atoms with Crippen molar-refractivity contribution in [3.8, 4) is 5.75 Å². The summed E-state index contributed by atoms with van der Waals surface area (Å²) in [6, 6.07) is 31.6. The molecule has 6 heteroatoms. The normalized spacial score (nSPS) is 11.4. The third-order valence-electron chi connectivity index (χ3n) is 5.39. The zero-order valence-corrected chi connectivity index (χ0v) is 19.8. The van der Waals surface area contributed by atoms with Crippen molar-refractivity contribution in [3.05, 3.63) is 121 Å². The smallest absolute Gasteiger partial charge is 0.144 e. The van der Waals surface area contributed by atoms with Crippen LogP contribution in [0.3, 0.4) is 0 Å². The van der Waals surface area contributed by atoms with Crippen LogP contribution in [0.4, 0.5) is 28.4 Å². The summed E-state index contributed by atoms with van der Waals surface area (Å²) < 4.78 is 16.3. The maximum absolute atomic E-state index is 5.63. The molecule has 0 bridgehead atoms. The Morgan fingerprint density at radius 3 is 1.47 bits per heavy atom. The highest BCUT2D eigenvalue weighted by molar-refractivity contribution is 5.81. The van der Waals surface area contributed by atoms with Gasteiger partial charge in [-0.1, -0.05) is 0 Å². The molecule has 0 saturated carbocycles. The first-order valence-electron chi connectivity index (χ1n) is 11.7. The molecule has 0 amide bonds. The third-order valence-corrected chi connectivity index (χ3v) is 5.39. The highest BCUT2D eigenvalue weighted by Crippen LogP contribution is 2.36. The third kappa shape index (κ3) is 5.62. The molecular weight excluding hydrogens is 450 g/mol. The Morgan fingerprint density at radius 1 is 0.639 bits per heavy atom. The van der Waals surface area contributed by atoms with Crippen LogP contribution >= 0.6 is 0 Å². The summed E-state index contributed by atoms with van der Waals surface area (Å²) in [6.45, 7) is 2.61. The number of furan rings is 2. The number of aliphatic imine (C=N–C) groups is 2. The molecule has 0 spiro atoms. The van der Waals surface area contributed by atoms with Gasteiger partial charge in [0.05, 0.1) is 42.9 Å². The van der Waals surface area contributed by atoms with Gasteiger partial charge in [0.2, 0.25) is 0 Å². The van der Waals surface area contributed by atoms with Crippen LogP contribution in [0.5, 0.6) is 5.75 Å². The molecule has 0 aliphatic heterocycles. The van der Waals surface area contributed by atoms with Crippen LogP contribution in [0, 0.1) is 0 Å². The standard InChI is InChI=1S/C30H25N3O3/c1-2-34-28-17-15-27(16-18-28)33(25-11-7-23(8-12-25)31-21-29-5-3-19-35-29)26-13-9-24(10-14-26)32-22-30-6-4-20-36-30/h3-22H,2H2,1H3. The van der Waals surface area contributed by atoms with Crippen molar-refractivity contribution in [2.24, 2.45) is 9.98 Å². The molecule has 3 aromatic carbocycles. The van der Waals surface area contributed by atoms with Gasteiger partial charge in [-0.15, -0.1) is 0 Å². The largest absolute Gasteiger partial charge is 0.494 e. The Bertz CT molecular complexity index is 1320. The molecule has 36 heavy (non-hydrogen) atoms. The first-order valence-corrected chi connectivity index (χ1v) is 11.7. The molecule has 0 unspecified atom stereocenters. The quantitative estimate of drug-likeness (QED) is 0.201. The molecule has 178 valence electrons. The molecule has 0 atom stereocenters. The predicted octanol–water partition coefficient (Wildman–Crippen LogP) is 8.24. The number of hydrogen-bond donors (Lipinski definition) is 0. The lowest BCUT2D eigenvalue weighted by Crippen LogP contribution is -2.09. The summed E-state index contributed by atoms with van der Waals surface area (Å²) in [5.74, 6) is 2.26. The van der Waals surface area contributed by atoms with Gasteiger partial charge < -0.3 is 18.5 Å². The lowest BCUT2D eigenvalue weighted by Gasteiger charge is -2.25. The van der Waals surface area contributed by atoms with Crippen LogP contribution in [0.25, 0.3) is 0 Å². The van der Waals surface area contributed by atoms with E-state index in [1.54, 1.807) is 25.0 Å². The van der Waals surface area contributed by atoms with Crippen LogP contribution in [0.15, 0.2) is 128 Å². The highest BCUT2D eigenvalue weighted by atomic mass is 16.5. The molecule has 0 aliphatic carbocycles. The Hall–Kier alpha value is -4.84. The monoisotopic (exact) mass is 475 g/mol. The summed E-state index contributed by atoms with van der Waals surface area (Å²) in [7, 11) is 0. The Labute approximate surface area is 209 Å². The minimum absolute atomic E-state index is 0.628. The van der Waals surface area contributed by atoms with Crippen molar-refractivity contribution in [2.75, 3.05) is 11.5 Å². The maximum Gasteiger partial charge on any atom is 0.144 e. The van der Waals surface area contributed by atoms with Gasteiger partial charge in [-0.05, 0) is 104 Å². The lowest BCUT2D eigenvalue weighted by atomic mass is 10.1. The summed E-state index contributed by atoms with van der Waals surface area (Å²) in [5.41, 5.74) is 4.69. The fourth-order valence-electron chi connectivity index (χ4n) is 3.69. The molecule has 6 nitrogen and oxygen atoms in total. The number of rotatable bonds is 9. The molecule has 5 aromatic rings. The second-order valence-electron chi connectivity index (χ2n) is 7.84. The van der Waals surface area contributed by atoms with Crippen LogP contribution in [0.1, 0.15) is 18.4 Å². The maximum atomic E-state index is 5.63. The SMILES string of the molecule is CCOc1ccc(N(c2ccc(N=Cc3ccco3)cc2)c2ccc(N=Cc3ccco3)cc2)cc1. The zero-order chi connectivity index (χ0) is 24.6. The second kappa shape index (κ2) is 11.1. The number of anilines is 3. The van der Waals surface area contributed by atoms with E-state index in [0.29, 0.717) is 18.1 Å². The van der Waals surface area contributed by atoms with E-state index in [4.69, 9.17) is 13.6 Å². The van der Waals surface area contributed by atoms with E-state index < -0.39 is 0 Å². The van der Waals surface area contributed by atoms with Gasteiger partial charge in [-0.25, -0.2) is 0 Å². The van der Waals surface area contributed by atoms with Gasteiger partial charge in [0.25, 0.3) is 0 Å². The van der Waals surface area contributed by atoms with Crippen molar-refractivity contribution in [1.29, 1.82) is 0 Å². The minimum Gasteiger partial charge on any atom is -0.494 e. The number of benzene rings is 3. The molecule has 0 fully saturated rings. The van der Waals surface area contributed by atoms with E-state index in [1.807, 2.05) is 91.9 Å². The molecule has 0 radical (unpaired) electrons. The lowest BCUT2D eigenvalue weighted by molar-refractivity contribution is 0.340. The topological polar surface area (TPSA) is 63.5 Å². The Kier molecular flexibility index (Phi) is 7.04. The van der Waals surface area contributed by atoms with Gasteiger partial charge in [-0.2, -0.15) is 0 Å². The van der Waals surface area contributed by atoms with Crippen molar-refractivity contribution in [1.82, 2.24) is 0 Å². The van der Waals surface area contributed by atoms with Crippen LogP contribution in [-0.2, 0) is 0 Å². The fraction of sp³-hybridized carbons (Fsp3) is 0.0667. The van der Waals surface area contributed by atoms with Crippen molar-refractivity contribution < 1.29 is 13.6 Å². The summed E-state index contributed by atoms with van der Waals surface area (Å²) in [4.78, 5) is 11.2. The van der Waals surface area contributed by atoms with Gasteiger partial charge >= 0.3 is 0 Å². The predicted molar refractivity (Wildman–Crippen MR) is 144 cm³/mol. The molecule has 5 rings (SSSR count). The first-order chi connectivity index (χ1) is 17.8. The van der Waals surface area contributed by atoms with E-state index in [0.717, 1.165) is 34.2 Å². The number of hydrogen-bond acceptors (Lipinski definition) is 6. The van der Waals surface area contributed by atoms with Gasteiger partial charge in [0, 0.05) is 17.1 Å². The molecular formula is C30H25N3O3. The average Bonchev–Trinajstić information content (AvgIpc) is 3.64. The average molecular weight is 476 g/mol. The Morgan fingerprint density at radius 2 is 1.08 bits per heavy atom. The van der Waals surface area contributed by atoms with E-state index in [1.165, 1.54) is 0 Å². The molecule has 2 aromatic heterocycles. The van der Waals surface area contributed by atoms with Crippen molar-refractivity contribution in [3.63, 3.8) is 0 Å². The van der Waals surface area contributed by atoms with E-state index in [-0.39, 0.29) is 0 Å². The van der Waals surface area contributed by atoms with Crippen LogP contribution in [-0.4, -0.2) is 19.0 Å². The molecule has 0 N–H and O–H groups in total. The minimum atomic E-state index is 0.628.